The van der Waals surface area contributed by atoms with Gasteiger partial charge in [0.1, 0.15) is 0 Å². The first-order valence-electron chi connectivity index (χ1n) is 8.37. The molecule has 3 rings (SSSR count). The largest absolute Gasteiger partial charge is 0.331 e. The summed E-state index contributed by atoms with van der Waals surface area (Å²) in [5.41, 5.74) is 0.983. The number of fused-ring (bicyclic) bond motifs is 1. The molecule has 2 atom stereocenters. The summed E-state index contributed by atoms with van der Waals surface area (Å²) in [4.78, 5) is 14.4. The maximum Gasteiger partial charge on any atom is 0.331 e. The molecular weight excluding hydrogens is 312 g/mol. The van der Waals surface area contributed by atoms with Crippen molar-refractivity contribution in [1.82, 2.24) is 9.62 Å². The number of likely N-dealkylation sites (tertiary alicyclic amines) is 1. The Morgan fingerprint density at radius 3 is 2.48 bits per heavy atom. The van der Waals surface area contributed by atoms with Crippen LogP contribution in [0.1, 0.15) is 44.1 Å². The normalized spacial score (nSPS) is 24.8. The van der Waals surface area contributed by atoms with Gasteiger partial charge in [-0.2, -0.15) is 0 Å². The summed E-state index contributed by atoms with van der Waals surface area (Å²) in [6.45, 7) is 2.54. The van der Waals surface area contributed by atoms with Crippen molar-refractivity contribution in [3.05, 3.63) is 29.8 Å². The number of nitrogens with zero attached hydrogens (tertiary/aromatic N) is 1. The number of sulfonamides is 1. The van der Waals surface area contributed by atoms with Gasteiger partial charge in [0.15, 0.2) is 0 Å². The van der Waals surface area contributed by atoms with Crippen LogP contribution >= 0.6 is 0 Å². The fraction of sp³-hybridized carbons (Fsp3) is 0.588. The monoisotopic (exact) mass is 336 g/mol. The molecule has 5 nitrogen and oxygen atoms in total. The molecule has 23 heavy (non-hydrogen) atoms. The number of rotatable bonds is 2. The van der Waals surface area contributed by atoms with E-state index in [9.17, 15) is 13.2 Å². The van der Waals surface area contributed by atoms with E-state index in [0.29, 0.717) is 12.5 Å². The highest BCUT2D eigenvalue weighted by Gasteiger charge is 2.36. The summed E-state index contributed by atoms with van der Waals surface area (Å²) >= 11 is 0. The zero-order valence-electron chi connectivity index (χ0n) is 13.5. The van der Waals surface area contributed by atoms with Crippen molar-refractivity contribution in [1.29, 1.82) is 0 Å². The number of hydrogen-bond donors (Lipinski definition) is 1. The van der Waals surface area contributed by atoms with Crippen molar-refractivity contribution < 1.29 is 13.2 Å². The van der Waals surface area contributed by atoms with Crippen molar-refractivity contribution in [2.45, 2.75) is 56.4 Å². The lowest BCUT2D eigenvalue weighted by atomic mass is 9.78. The Morgan fingerprint density at radius 2 is 1.74 bits per heavy atom. The second-order valence-electron chi connectivity index (χ2n) is 6.67. The van der Waals surface area contributed by atoms with Crippen molar-refractivity contribution in [3.8, 4) is 0 Å². The minimum atomic E-state index is -3.80. The van der Waals surface area contributed by atoms with Crippen molar-refractivity contribution in [2.75, 3.05) is 6.54 Å². The lowest BCUT2D eigenvalue weighted by molar-refractivity contribution is 0.0869. The molecule has 0 spiro atoms. The van der Waals surface area contributed by atoms with Gasteiger partial charge in [0.2, 0.25) is 0 Å². The Labute approximate surface area is 138 Å². The molecule has 0 bridgehead atoms. The molecule has 1 saturated carbocycles. The number of piperidine rings is 1. The van der Waals surface area contributed by atoms with Gasteiger partial charge in [-0.25, -0.2) is 17.9 Å². The number of carbonyl (C=O) groups is 1. The molecule has 6 heteroatoms. The van der Waals surface area contributed by atoms with Crippen LogP contribution in [0.4, 0.5) is 4.79 Å². The molecule has 0 unspecified atom stereocenters. The zero-order valence-corrected chi connectivity index (χ0v) is 14.3. The second kappa shape index (κ2) is 6.51. The number of aryl methyl sites for hydroxylation is 1. The van der Waals surface area contributed by atoms with Crippen LogP contribution in [0.15, 0.2) is 29.2 Å². The van der Waals surface area contributed by atoms with Crippen LogP contribution in [-0.2, 0) is 10.0 Å². The molecule has 1 aromatic rings. The summed E-state index contributed by atoms with van der Waals surface area (Å²) in [5, 5.41) is 0. The van der Waals surface area contributed by atoms with E-state index in [1.54, 1.807) is 17.0 Å². The first-order valence-corrected chi connectivity index (χ1v) is 9.86. The number of carbonyl (C=O) groups excluding carboxylic acids is 1. The summed E-state index contributed by atoms with van der Waals surface area (Å²) in [5.74, 6) is 0.533. The van der Waals surface area contributed by atoms with Crippen molar-refractivity contribution >= 4 is 16.1 Å². The van der Waals surface area contributed by atoms with Gasteiger partial charge in [0, 0.05) is 12.6 Å². The summed E-state index contributed by atoms with van der Waals surface area (Å²) in [7, 11) is -3.80. The fourth-order valence-corrected chi connectivity index (χ4v) is 4.79. The minimum absolute atomic E-state index is 0.133. The van der Waals surface area contributed by atoms with E-state index >= 15 is 0 Å². The van der Waals surface area contributed by atoms with E-state index in [1.807, 2.05) is 6.92 Å². The smallest absolute Gasteiger partial charge is 0.321 e. The predicted octanol–water partition coefficient (Wildman–Crippen LogP) is 3.05. The number of nitrogens with one attached hydrogen (secondary N) is 1. The van der Waals surface area contributed by atoms with Gasteiger partial charge >= 0.3 is 6.03 Å². The molecular formula is C17H24N2O3S. The van der Waals surface area contributed by atoms with Crippen molar-refractivity contribution in [2.24, 2.45) is 5.92 Å². The average Bonchev–Trinajstić information content (AvgIpc) is 2.54. The summed E-state index contributed by atoms with van der Waals surface area (Å²) < 4.78 is 27.0. The molecule has 1 aliphatic carbocycles. The molecule has 0 aromatic heterocycles. The molecule has 1 aliphatic heterocycles. The van der Waals surface area contributed by atoms with Gasteiger partial charge < -0.3 is 4.90 Å². The van der Waals surface area contributed by atoms with Crippen LogP contribution in [0.2, 0.25) is 0 Å². The van der Waals surface area contributed by atoms with Crippen LogP contribution in [0.25, 0.3) is 0 Å². The lowest BCUT2D eigenvalue weighted by Gasteiger charge is -2.43. The highest BCUT2D eigenvalue weighted by Crippen LogP contribution is 2.35. The third-order valence-electron chi connectivity index (χ3n) is 5.06. The Hall–Kier alpha value is -1.56. The topological polar surface area (TPSA) is 66.5 Å². The number of hydrogen-bond acceptors (Lipinski definition) is 3. The average molecular weight is 336 g/mol. The van der Waals surface area contributed by atoms with Gasteiger partial charge in [-0.3, -0.25) is 0 Å². The Kier molecular flexibility index (Phi) is 4.62. The molecule has 126 valence electrons. The first kappa shape index (κ1) is 16.3. The molecule has 1 heterocycles. The quantitative estimate of drug-likeness (QED) is 0.902. The van der Waals surface area contributed by atoms with Gasteiger partial charge in [-0.15, -0.1) is 0 Å². The van der Waals surface area contributed by atoms with Crippen LogP contribution in [-0.4, -0.2) is 31.9 Å². The van der Waals surface area contributed by atoms with Crippen LogP contribution < -0.4 is 4.72 Å². The Bertz CT molecular complexity index is 668. The van der Waals surface area contributed by atoms with E-state index in [-0.39, 0.29) is 10.9 Å². The Morgan fingerprint density at radius 1 is 1.09 bits per heavy atom. The number of urea groups is 1. The molecule has 1 saturated heterocycles. The molecule has 1 aromatic carbocycles. The van der Waals surface area contributed by atoms with E-state index in [2.05, 4.69) is 4.72 Å². The number of benzene rings is 1. The molecule has 2 aliphatic rings. The fourth-order valence-electron chi connectivity index (χ4n) is 3.83. The molecule has 2 fully saturated rings. The highest BCUT2D eigenvalue weighted by atomic mass is 32.2. The molecule has 0 radical (unpaired) electrons. The maximum absolute atomic E-state index is 12.5. The van der Waals surface area contributed by atoms with Crippen LogP contribution in [0.3, 0.4) is 0 Å². The second-order valence-corrected chi connectivity index (χ2v) is 8.35. The van der Waals surface area contributed by atoms with E-state index < -0.39 is 16.1 Å². The van der Waals surface area contributed by atoms with E-state index in [1.165, 1.54) is 18.6 Å². The van der Waals surface area contributed by atoms with Gasteiger partial charge in [-0.05, 0) is 50.7 Å². The van der Waals surface area contributed by atoms with Crippen LogP contribution in [0.5, 0.6) is 0 Å². The zero-order chi connectivity index (χ0) is 16.4. The van der Waals surface area contributed by atoms with Crippen LogP contribution in [0, 0.1) is 12.8 Å². The Balaban J connectivity index is 1.73. The maximum atomic E-state index is 12.5. The van der Waals surface area contributed by atoms with Gasteiger partial charge in [0.25, 0.3) is 10.0 Å². The molecule has 1 N–H and O–H groups in total. The first-order chi connectivity index (χ1) is 11.0. The third kappa shape index (κ3) is 3.52. The predicted molar refractivity (Wildman–Crippen MR) is 88.6 cm³/mol. The van der Waals surface area contributed by atoms with Gasteiger partial charge in [0.05, 0.1) is 4.90 Å². The molecule has 2 amide bonds. The minimum Gasteiger partial charge on any atom is -0.321 e. The highest BCUT2D eigenvalue weighted by molar-refractivity contribution is 7.90. The van der Waals surface area contributed by atoms with E-state index in [0.717, 1.165) is 37.7 Å². The summed E-state index contributed by atoms with van der Waals surface area (Å²) in [6.07, 6.45) is 6.59. The van der Waals surface area contributed by atoms with Gasteiger partial charge in [-0.1, -0.05) is 30.5 Å². The third-order valence-corrected chi connectivity index (χ3v) is 6.39. The lowest BCUT2D eigenvalue weighted by Crippen LogP contribution is -2.54. The van der Waals surface area contributed by atoms with Crippen molar-refractivity contribution in [3.63, 3.8) is 0 Å². The standard InChI is InChI=1S/C17H24N2O3S/c1-13-8-10-15(11-9-13)23(21,22)18-17(20)19-12-4-6-14-5-2-3-7-16(14)19/h8-11,14,16H,2-7,12H2,1H3,(H,18,20)/t14-,16-/m1/s1. The SMILES string of the molecule is Cc1ccc(S(=O)(=O)NC(=O)N2CCC[C@H]3CCCC[C@H]32)cc1. The number of amides is 2. The summed E-state index contributed by atoms with van der Waals surface area (Å²) in [6, 6.07) is 6.26. The van der Waals surface area contributed by atoms with E-state index in [4.69, 9.17) is 0 Å².